The Balaban J connectivity index is 2.27. The van der Waals surface area contributed by atoms with Crippen LogP contribution in [0, 0.1) is 11.3 Å². The molecule has 0 radical (unpaired) electrons. The normalized spacial score (nSPS) is 9.78. The molecule has 0 bridgehead atoms. The molecule has 1 N–H and O–H groups in total. The molecule has 0 amide bonds. The number of benzene rings is 1. The maximum absolute atomic E-state index is 9.10. The van der Waals surface area contributed by atoms with Gasteiger partial charge in [0, 0.05) is 18.3 Å². The van der Waals surface area contributed by atoms with E-state index in [2.05, 4.69) is 22.9 Å². The third-order valence-electron chi connectivity index (χ3n) is 3.37. The van der Waals surface area contributed by atoms with Crippen LogP contribution in [0.1, 0.15) is 16.7 Å². The average molecular weight is 309 g/mol. The Kier molecular flexibility index (Phi) is 5.59. The predicted octanol–water partition coefficient (Wildman–Crippen LogP) is 3.31. The third-order valence-corrected chi connectivity index (χ3v) is 3.37. The lowest BCUT2D eigenvalue weighted by Crippen LogP contribution is -2.05. The number of hydrogen-bond acceptors (Lipinski definition) is 5. The van der Waals surface area contributed by atoms with E-state index < -0.39 is 0 Å². The van der Waals surface area contributed by atoms with Crippen molar-refractivity contribution in [2.24, 2.45) is 0 Å². The average Bonchev–Trinajstić information content (AvgIpc) is 2.59. The van der Waals surface area contributed by atoms with Gasteiger partial charge in [0.05, 0.1) is 19.8 Å². The van der Waals surface area contributed by atoms with Gasteiger partial charge in [0.1, 0.15) is 11.9 Å². The van der Waals surface area contributed by atoms with Crippen LogP contribution >= 0.6 is 0 Å². The molecule has 0 fully saturated rings. The lowest BCUT2D eigenvalue weighted by atomic mass is 10.1. The zero-order valence-electron chi connectivity index (χ0n) is 13.3. The van der Waals surface area contributed by atoms with E-state index in [0.717, 1.165) is 11.1 Å². The lowest BCUT2D eigenvalue weighted by Gasteiger charge is -2.15. The second kappa shape index (κ2) is 7.85. The smallest absolute Gasteiger partial charge is 0.164 e. The molecule has 0 spiro atoms. The molecule has 0 aliphatic rings. The van der Waals surface area contributed by atoms with Gasteiger partial charge < -0.3 is 14.8 Å². The van der Waals surface area contributed by atoms with Crippen LogP contribution in [0.4, 0.5) is 5.82 Å². The summed E-state index contributed by atoms with van der Waals surface area (Å²) in [7, 11) is 3.23. The highest BCUT2D eigenvalue weighted by Gasteiger charge is 2.12. The quantitative estimate of drug-likeness (QED) is 0.795. The molecule has 23 heavy (non-hydrogen) atoms. The number of anilines is 1. The first-order chi connectivity index (χ1) is 11.2. The zero-order valence-corrected chi connectivity index (χ0v) is 13.3. The maximum atomic E-state index is 9.10. The van der Waals surface area contributed by atoms with Crippen molar-refractivity contribution >= 4 is 5.82 Å². The maximum Gasteiger partial charge on any atom is 0.164 e. The first-order valence-electron chi connectivity index (χ1n) is 7.17. The number of pyridine rings is 1. The Labute approximate surface area is 136 Å². The van der Waals surface area contributed by atoms with Crippen LogP contribution in [0.2, 0.25) is 0 Å². The van der Waals surface area contributed by atoms with Crippen molar-refractivity contribution in [2.45, 2.75) is 13.0 Å². The molecule has 5 nitrogen and oxygen atoms in total. The topological polar surface area (TPSA) is 67.2 Å². The summed E-state index contributed by atoms with van der Waals surface area (Å²) in [4.78, 5) is 4.19. The molecule has 0 aliphatic heterocycles. The molecule has 0 aliphatic carbocycles. The first-order valence-corrected chi connectivity index (χ1v) is 7.17. The molecule has 0 atom stereocenters. The van der Waals surface area contributed by atoms with E-state index in [1.807, 2.05) is 18.2 Å². The molecule has 1 heterocycles. The summed E-state index contributed by atoms with van der Waals surface area (Å²) in [5, 5.41) is 12.3. The van der Waals surface area contributed by atoms with Gasteiger partial charge in [-0.25, -0.2) is 4.98 Å². The fourth-order valence-electron chi connectivity index (χ4n) is 2.34. The second-order valence-corrected chi connectivity index (χ2v) is 4.85. The van der Waals surface area contributed by atoms with Crippen LogP contribution in [0.3, 0.4) is 0 Å². The van der Waals surface area contributed by atoms with Gasteiger partial charge in [0.15, 0.2) is 11.5 Å². The van der Waals surface area contributed by atoms with Crippen LogP contribution < -0.4 is 14.8 Å². The van der Waals surface area contributed by atoms with Gasteiger partial charge >= 0.3 is 0 Å². The number of methoxy groups -OCH3 is 2. The SMILES string of the molecule is C=CCc1cc(CNc2ncccc2C#N)cc(OC)c1OC. The summed E-state index contributed by atoms with van der Waals surface area (Å²) in [5.41, 5.74) is 2.52. The standard InChI is InChI=1S/C18H19N3O2/c1-4-6-14-9-13(10-16(22-2)17(14)23-3)12-21-18-15(11-19)7-5-8-20-18/h4-5,7-10H,1,6,12H2,2-3H3,(H,20,21). The Bertz CT molecular complexity index is 736. The number of nitrogens with one attached hydrogen (secondary N) is 1. The first kappa shape index (κ1) is 16.4. The van der Waals surface area contributed by atoms with Crippen LogP contribution in [-0.2, 0) is 13.0 Å². The molecule has 1 aromatic carbocycles. The highest BCUT2D eigenvalue weighted by atomic mass is 16.5. The molecule has 1 aromatic heterocycles. The van der Waals surface area contributed by atoms with Crippen molar-refractivity contribution in [3.63, 3.8) is 0 Å². The summed E-state index contributed by atoms with van der Waals surface area (Å²) in [5.74, 6) is 1.95. The number of nitriles is 1. The molecule has 2 aromatic rings. The Hall–Kier alpha value is -3.00. The van der Waals surface area contributed by atoms with E-state index in [1.54, 1.807) is 32.5 Å². The van der Waals surface area contributed by atoms with Gasteiger partial charge in [0.2, 0.25) is 0 Å². The zero-order chi connectivity index (χ0) is 16.7. The highest BCUT2D eigenvalue weighted by molar-refractivity contribution is 5.53. The Morgan fingerprint density at radius 2 is 2.17 bits per heavy atom. The Morgan fingerprint density at radius 3 is 2.83 bits per heavy atom. The summed E-state index contributed by atoms with van der Waals surface area (Å²) in [6.07, 6.45) is 4.16. The number of aromatic nitrogens is 1. The van der Waals surface area contributed by atoms with E-state index in [-0.39, 0.29) is 0 Å². The molecule has 0 saturated carbocycles. The van der Waals surface area contributed by atoms with Crippen LogP contribution in [0.5, 0.6) is 11.5 Å². The van der Waals surface area contributed by atoms with Crippen LogP contribution in [-0.4, -0.2) is 19.2 Å². The van der Waals surface area contributed by atoms with Gasteiger partial charge in [-0.3, -0.25) is 0 Å². The summed E-state index contributed by atoms with van der Waals surface area (Å²) >= 11 is 0. The van der Waals surface area contributed by atoms with E-state index in [0.29, 0.717) is 35.8 Å². The highest BCUT2D eigenvalue weighted by Crippen LogP contribution is 2.33. The molecule has 2 rings (SSSR count). The monoisotopic (exact) mass is 309 g/mol. The van der Waals surface area contributed by atoms with Crippen molar-refractivity contribution in [1.82, 2.24) is 4.98 Å². The van der Waals surface area contributed by atoms with Crippen molar-refractivity contribution in [3.8, 4) is 17.6 Å². The van der Waals surface area contributed by atoms with Crippen LogP contribution in [0.15, 0.2) is 43.1 Å². The van der Waals surface area contributed by atoms with Crippen molar-refractivity contribution < 1.29 is 9.47 Å². The van der Waals surface area contributed by atoms with Crippen molar-refractivity contribution in [1.29, 1.82) is 5.26 Å². The number of hydrogen-bond donors (Lipinski definition) is 1. The van der Waals surface area contributed by atoms with Gasteiger partial charge in [-0.15, -0.1) is 6.58 Å². The van der Waals surface area contributed by atoms with Crippen molar-refractivity contribution in [3.05, 3.63) is 59.8 Å². The molecular formula is C18H19N3O2. The molecule has 118 valence electrons. The molecule has 5 heteroatoms. The largest absolute Gasteiger partial charge is 0.493 e. The van der Waals surface area contributed by atoms with E-state index in [9.17, 15) is 0 Å². The minimum Gasteiger partial charge on any atom is -0.493 e. The summed E-state index contributed by atoms with van der Waals surface area (Å²) in [6.45, 7) is 4.30. The summed E-state index contributed by atoms with van der Waals surface area (Å²) in [6, 6.07) is 9.53. The molecule has 0 saturated heterocycles. The predicted molar refractivity (Wildman–Crippen MR) is 89.7 cm³/mol. The van der Waals surface area contributed by atoms with E-state index >= 15 is 0 Å². The van der Waals surface area contributed by atoms with Gasteiger partial charge in [-0.2, -0.15) is 5.26 Å². The summed E-state index contributed by atoms with van der Waals surface area (Å²) < 4.78 is 10.8. The molecule has 0 unspecified atom stereocenters. The minimum absolute atomic E-state index is 0.513. The minimum atomic E-state index is 0.513. The fraction of sp³-hybridized carbons (Fsp3) is 0.222. The lowest BCUT2D eigenvalue weighted by molar-refractivity contribution is 0.352. The number of ether oxygens (including phenoxy) is 2. The van der Waals surface area contributed by atoms with E-state index in [1.165, 1.54) is 0 Å². The number of rotatable bonds is 7. The number of allylic oxidation sites excluding steroid dienone is 1. The van der Waals surface area contributed by atoms with Crippen LogP contribution in [0.25, 0.3) is 0 Å². The van der Waals surface area contributed by atoms with Gasteiger partial charge in [-0.1, -0.05) is 6.08 Å². The second-order valence-electron chi connectivity index (χ2n) is 4.85. The van der Waals surface area contributed by atoms with Gasteiger partial charge in [0.25, 0.3) is 0 Å². The van der Waals surface area contributed by atoms with E-state index in [4.69, 9.17) is 14.7 Å². The van der Waals surface area contributed by atoms with Crippen molar-refractivity contribution in [2.75, 3.05) is 19.5 Å². The fourth-order valence-corrected chi connectivity index (χ4v) is 2.34. The molecular weight excluding hydrogens is 290 g/mol. The Morgan fingerprint density at radius 1 is 1.35 bits per heavy atom. The van der Waals surface area contributed by atoms with Gasteiger partial charge in [-0.05, 0) is 36.2 Å². The third kappa shape index (κ3) is 3.80. The number of nitrogens with zero attached hydrogens (tertiary/aromatic N) is 2.